The highest BCUT2D eigenvalue weighted by Gasteiger charge is 2.19. The van der Waals surface area contributed by atoms with E-state index in [0.717, 1.165) is 57.8 Å². The second-order valence-electron chi connectivity index (χ2n) is 5.87. The minimum Gasteiger partial charge on any atom is -0.379 e. The Balaban J connectivity index is 1.76. The van der Waals surface area contributed by atoms with Gasteiger partial charge in [-0.05, 0) is 25.7 Å². The predicted octanol–water partition coefficient (Wildman–Crippen LogP) is 0.754. The van der Waals surface area contributed by atoms with E-state index in [1.54, 1.807) is 0 Å². The third-order valence-corrected chi connectivity index (χ3v) is 4.29. The predicted molar refractivity (Wildman–Crippen MR) is 78.3 cm³/mol. The average molecular weight is 268 g/mol. The smallest absolute Gasteiger partial charge is 0.191 e. The minimum absolute atomic E-state index is 0.450. The number of nitrogens with two attached hydrogens (primary N) is 1. The lowest BCUT2D eigenvalue weighted by atomic mass is 10.00. The van der Waals surface area contributed by atoms with Crippen LogP contribution in [0.3, 0.4) is 0 Å². The third kappa shape index (κ3) is 4.35. The van der Waals surface area contributed by atoms with Gasteiger partial charge in [-0.1, -0.05) is 6.92 Å². The highest BCUT2D eigenvalue weighted by Crippen LogP contribution is 2.15. The van der Waals surface area contributed by atoms with Crippen molar-refractivity contribution >= 4 is 5.96 Å². The molecule has 0 aromatic heterocycles. The molecule has 19 heavy (non-hydrogen) atoms. The average Bonchev–Trinajstić information content (AvgIpc) is 2.46. The molecule has 2 aliphatic heterocycles. The molecule has 0 saturated carbocycles. The highest BCUT2D eigenvalue weighted by atomic mass is 16.5. The lowest BCUT2D eigenvalue weighted by molar-refractivity contribution is 0.0220. The second kappa shape index (κ2) is 7.10. The van der Waals surface area contributed by atoms with Crippen LogP contribution in [0.4, 0.5) is 0 Å². The first-order valence-electron chi connectivity index (χ1n) is 7.53. The van der Waals surface area contributed by atoms with Gasteiger partial charge in [0.2, 0.25) is 0 Å². The van der Waals surface area contributed by atoms with Crippen molar-refractivity contribution in [2.24, 2.45) is 16.6 Å². The van der Waals surface area contributed by atoms with E-state index < -0.39 is 0 Å². The van der Waals surface area contributed by atoms with Gasteiger partial charge in [-0.15, -0.1) is 0 Å². The maximum absolute atomic E-state index is 6.10. The molecule has 0 amide bonds. The van der Waals surface area contributed by atoms with Gasteiger partial charge in [0, 0.05) is 32.2 Å². The number of aliphatic imine (C=N–C) groups is 1. The van der Waals surface area contributed by atoms with Crippen LogP contribution in [0.2, 0.25) is 0 Å². The Morgan fingerprint density at radius 1 is 1.26 bits per heavy atom. The van der Waals surface area contributed by atoms with E-state index in [4.69, 9.17) is 10.5 Å². The van der Waals surface area contributed by atoms with E-state index in [2.05, 4.69) is 28.6 Å². The molecule has 0 aromatic rings. The number of likely N-dealkylation sites (tertiary alicyclic amines) is 1. The number of nitrogens with zero attached hydrogens (tertiary/aromatic N) is 3. The summed E-state index contributed by atoms with van der Waals surface area (Å²) in [4.78, 5) is 9.24. The van der Waals surface area contributed by atoms with Gasteiger partial charge < -0.3 is 15.4 Å². The highest BCUT2D eigenvalue weighted by molar-refractivity contribution is 5.78. The molecule has 5 heteroatoms. The fraction of sp³-hybridized carbons (Fsp3) is 0.929. The first kappa shape index (κ1) is 14.6. The summed E-state index contributed by atoms with van der Waals surface area (Å²) >= 11 is 0. The molecule has 5 nitrogen and oxygen atoms in total. The Bertz CT molecular complexity index is 294. The van der Waals surface area contributed by atoms with Gasteiger partial charge in [0.05, 0.1) is 19.8 Å². The quantitative estimate of drug-likeness (QED) is 0.606. The zero-order valence-corrected chi connectivity index (χ0v) is 12.3. The molecule has 2 heterocycles. The molecule has 0 bridgehead atoms. The largest absolute Gasteiger partial charge is 0.379 e. The van der Waals surface area contributed by atoms with Gasteiger partial charge >= 0.3 is 0 Å². The van der Waals surface area contributed by atoms with Crippen LogP contribution in [0.1, 0.15) is 26.7 Å². The summed E-state index contributed by atoms with van der Waals surface area (Å²) in [5.74, 6) is 1.56. The third-order valence-electron chi connectivity index (χ3n) is 4.29. The molecule has 2 aliphatic rings. The molecular formula is C14H28N4O. The summed E-state index contributed by atoms with van der Waals surface area (Å²) in [5.41, 5.74) is 6.10. The van der Waals surface area contributed by atoms with Crippen molar-refractivity contribution in [2.75, 3.05) is 45.9 Å². The number of ether oxygens (including phenoxy) is 1. The SMILES string of the molecule is CC1CCN(C(N)=NCC(C)N2CCOCC2)CC1. The number of piperidine rings is 1. The van der Waals surface area contributed by atoms with Crippen molar-refractivity contribution in [3.05, 3.63) is 0 Å². The lowest BCUT2D eigenvalue weighted by Crippen LogP contribution is -2.45. The van der Waals surface area contributed by atoms with Gasteiger partial charge in [0.1, 0.15) is 0 Å². The van der Waals surface area contributed by atoms with Crippen LogP contribution in [0.25, 0.3) is 0 Å². The van der Waals surface area contributed by atoms with Crippen molar-refractivity contribution in [3.8, 4) is 0 Å². The van der Waals surface area contributed by atoms with Crippen LogP contribution in [-0.4, -0.2) is 67.7 Å². The van der Waals surface area contributed by atoms with Crippen molar-refractivity contribution in [1.82, 2.24) is 9.80 Å². The Kier molecular flexibility index (Phi) is 5.45. The van der Waals surface area contributed by atoms with E-state index in [9.17, 15) is 0 Å². The topological polar surface area (TPSA) is 54.1 Å². The van der Waals surface area contributed by atoms with E-state index in [0.29, 0.717) is 6.04 Å². The number of rotatable bonds is 3. The Labute approximate surface area is 116 Å². The Morgan fingerprint density at radius 3 is 2.53 bits per heavy atom. The molecule has 2 saturated heterocycles. The molecule has 0 radical (unpaired) electrons. The number of guanidine groups is 1. The van der Waals surface area contributed by atoms with Gasteiger partial charge in [-0.25, -0.2) is 0 Å². The molecule has 0 aliphatic carbocycles. The van der Waals surface area contributed by atoms with Crippen LogP contribution >= 0.6 is 0 Å². The van der Waals surface area contributed by atoms with Gasteiger partial charge in [0.25, 0.3) is 0 Å². The van der Waals surface area contributed by atoms with Crippen molar-refractivity contribution < 1.29 is 4.74 Å². The van der Waals surface area contributed by atoms with Gasteiger partial charge in [-0.3, -0.25) is 9.89 Å². The van der Waals surface area contributed by atoms with Crippen LogP contribution in [0.5, 0.6) is 0 Å². The van der Waals surface area contributed by atoms with Gasteiger partial charge in [-0.2, -0.15) is 0 Å². The van der Waals surface area contributed by atoms with E-state index >= 15 is 0 Å². The van der Waals surface area contributed by atoms with Crippen LogP contribution in [-0.2, 0) is 4.74 Å². The molecule has 0 spiro atoms. The van der Waals surface area contributed by atoms with Crippen molar-refractivity contribution in [1.29, 1.82) is 0 Å². The van der Waals surface area contributed by atoms with Crippen LogP contribution in [0.15, 0.2) is 4.99 Å². The molecule has 2 fully saturated rings. The first-order chi connectivity index (χ1) is 9.16. The first-order valence-corrected chi connectivity index (χ1v) is 7.53. The van der Waals surface area contributed by atoms with Gasteiger partial charge in [0.15, 0.2) is 5.96 Å². The fourth-order valence-electron chi connectivity index (χ4n) is 2.70. The number of hydrogen-bond donors (Lipinski definition) is 1. The maximum Gasteiger partial charge on any atom is 0.191 e. The molecule has 110 valence electrons. The van der Waals surface area contributed by atoms with E-state index in [1.165, 1.54) is 12.8 Å². The van der Waals surface area contributed by atoms with Crippen LogP contribution < -0.4 is 5.73 Å². The normalized spacial score (nSPS) is 25.6. The van der Waals surface area contributed by atoms with E-state index in [1.807, 2.05) is 0 Å². The number of morpholine rings is 1. The van der Waals surface area contributed by atoms with Crippen molar-refractivity contribution in [2.45, 2.75) is 32.7 Å². The zero-order valence-electron chi connectivity index (χ0n) is 12.3. The van der Waals surface area contributed by atoms with Crippen molar-refractivity contribution in [3.63, 3.8) is 0 Å². The second-order valence-corrected chi connectivity index (χ2v) is 5.87. The zero-order chi connectivity index (χ0) is 13.7. The monoisotopic (exact) mass is 268 g/mol. The van der Waals surface area contributed by atoms with E-state index in [-0.39, 0.29) is 0 Å². The molecule has 0 aromatic carbocycles. The Hall–Kier alpha value is -0.810. The minimum atomic E-state index is 0.450. The standard InChI is InChI=1S/C14H28N4O/c1-12-3-5-18(6-4-12)14(15)16-11-13(2)17-7-9-19-10-8-17/h12-13H,3-11H2,1-2H3,(H2,15,16). The summed E-state index contributed by atoms with van der Waals surface area (Å²) in [7, 11) is 0. The summed E-state index contributed by atoms with van der Waals surface area (Å²) in [6.07, 6.45) is 2.46. The summed E-state index contributed by atoms with van der Waals surface area (Å²) in [5, 5.41) is 0. The summed E-state index contributed by atoms with van der Waals surface area (Å²) < 4.78 is 5.37. The summed E-state index contributed by atoms with van der Waals surface area (Å²) in [6.45, 7) is 11.1. The molecule has 2 N–H and O–H groups in total. The van der Waals surface area contributed by atoms with Crippen LogP contribution in [0, 0.1) is 5.92 Å². The molecule has 1 unspecified atom stereocenters. The maximum atomic E-state index is 6.10. The lowest BCUT2D eigenvalue weighted by Gasteiger charge is -2.33. The summed E-state index contributed by atoms with van der Waals surface area (Å²) in [6, 6.07) is 0.450. The molecule has 1 atom stereocenters. The fourth-order valence-corrected chi connectivity index (χ4v) is 2.70. The number of hydrogen-bond acceptors (Lipinski definition) is 3. The molecule has 2 rings (SSSR count). The molecular weight excluding hydrogens is 240 g/mol. The Morgan fingerprint density at radius 2 is 1.89 bits per heavy atom.